The highest BCUT2D eigenvalue weighted by Crippen LogP contribution is 2.23. The fourth-order valence-corrected chi connectivity index (χ4v) is 3.16. The molecule has 1 aliphatic heterocycles. The Morgan fingerprint density at radius 1 is 1.15 bits per heavy atom. The van der Waals surface area contributed by atoms with Gasteiger partial charge >= 0.3 is 0 Å². The number of benzene rings is 2. The molecule has 0 bridgehead atoms. The van der Waals surface area contributed by atoms with Crippen molar-refractivity contribution in [2.24, 2.45) is 0 Å². The molecule has 1 heterocycles. The minimum Gasteiger partial charge on any atom is -0.322 e. The smallest absolute Gasteiger partial charge is 0.274 e. The summed E-state index contributed by atoms with van der Waals surface area (Å²) in [4.78, 5) is 27.9. The fourth-order valence-electron chi connectivity index (χ4n) is 3.16. The average Bonchev–Trinajstić information content (AvgIpc) is 2.65. The van der Waals surface area contributed by atoms with Gasteiger partial charge < -0.3 is 10.2 Å². The molecule has 1 fully saturated rings. The third-order valence-corrected chi connectivity index (χ3v) is 4.85. The number of hydrogen-bond donors (Lipinski definition) is 1. The number of nitrogens with zero attached hydrogens (tertiary/aromatic N) is 3. The molecule has 7 heteroatoms. The van der Waals surface area contributed by atoms with Crippen LogP contribution >= 0.6 is 0 Å². The van der Waals surface area contributed by atoms with Crippen LogP contribution in [0.5, 0.6) is 0 Å². The molecule has 0 aliphatic carbocycles. The first kappa shape index (κ1) is 19.0. The summed E-state index contributed by atoms with van der Waals surface area (Å²) in [6.07, 6.45) is 0. The number of nitro groups is 1. The summed E-state index contributed by atoms with van der Waals surface area (Å²) in [5.74, 6) is -0.270. The largest absolute Gasteiger partial charge is 0.322 e. The van der Waals surface area contributed by atoms with E-state index in [-0.39, 0.29) is 11.6 Å². The zero-order valence-electron chi connectivity index (χ0n) is 15.6. The third-order valence-electron chi connectivity index (χ3n) is 4.85. The van der Waals surface area contributed by atoms with Crippen molar-refractivity contribution in [2.75, 3.05) is 38.5 Å². The van der Waals surface area contributed by atoms with E-state index in [0.717, 1.165) is 38.3 Å². The maximum Gasteiger partial charge on any atom is 0.274 e. The Labute approximate surface area is 158 Å². The molecule has 1 saturated heterocycles. The molecular formula is C20H24N4O3. The lowest BCUT2D eigenvalue weighted by molar-refractivity contribution is -0.385. The maximum absolute atomic E-state index is 12.6. The lowest BCUT2D eigenvalue weighted by Gasteiger charge is -2.32. The number of carbonyl (C=O) groups excluding carboxylic acids is 1. The Balaban J connectivity index is 1.68. The van der Waals surface area contributed by atoms with Gasteiger partial charge in [0, 0.05) is 55.6 Å². The van der Waals surface area contributed by atoms with E-state index >= 15 is 0 Å². The summed E-state index contributed by atoms with van der Waals surface area (Å²) in [5, 5.41) is 13.8. The molecule has 1 amide bonds. The minimum atomic E-state index is -0.443. The van der Waals surface area contributed by atoms with Crippen molar-refractivity contribution in [2.45, 2.75) is 13.5 Å². The summed E-state index contributed by atoms with van der Waals surface area (Å²) in [7, 11) is 2.12. The molecule has 142 valence electrons. The van der Waals surface area contributed by atoms with Gasteiger partial charge in [0.05, 0.1) is 4.92 Å². The zero-order valence-corrected chi connectivity index (χ0v) is 15.6. The SMILES string of the molecule is Cc1ccc(NC(=O)c2cccc(CN3CCN(C)CC3)c2)cc1[N+](=O)[O-]. The Morgan fingerprint density at radius 3 is 2.59 bits per heavy atom. The molecule has 1 aliphatic rings. The average molecular weight is 368 g/mol. The highest BCUT2D eigenvalue weighted by molar-refractivity contribution is 6.04. The van der Waals surface area contributed by atoms with E-state index in [2.05, 4.69) is 22.2 Å². The van der Waals surface area contributed by atoms with Crippen LogP contribution in [0.3, 0.4) is 0 Å². The topological polar surface area (TPSA) is 78.7 Å². The number of nitro benzene ring substituents is 1. The number of likely N-dealkylation sites (N-methyl/N-ethyl adjacent to an activating group) is 1. The molecule has 7 nitrogen and oxygen atoms in total. The normalized spacial score (nSPS) is 15.5. The minimum absolute atomic E-state index is 0.00313. The van der Waals surface area contributed by atoms with Gasteiger partial charge in [-0.15, -0.1) is 0 Å². The van der Waals surface area contributed by atoms with Crippen LogP contribution in [0.25, 0.3) is 0 Å². The number of rotatable bonds is 5. The first-order chi connectivity index (χ1) is 12.9. The van der Waals surface area contributed by atoms with Gasteiger partial charge in [-0.25, -0.2) is 0 Å². The predicted molar refractivity (Wildman–Crippen MR) is 105 cm³/mol. The van der Waals surface area contributed by atoms with Crippen molar-refractivity contribution in [3.63, 3.8) is 0 Å². The van der Waals surface area contributed by atoms with Gasteiger partial charge in [-0.3, -0.25) is 19.8 Å². The number of carbonyl (C=O) groups is 1. The fraction of sp³-hybridized carbons (Fsp3) is 0.350. The van der Waals surface area contributed by atoms with Crippen LogP contribution in [0.2, 0.25) is 0 Å². The Morgan fingerprint density at radius 2 is 1.89 bits per heavy atom. The second-order valence-electron chi connectivity index (χ2n) is 6.99. The van der Waals surface area contributed by atoms with Gasteiger partial charge in [-0.1, -0.05) is 18.2 Å². The van der Waals surface area contributed by atoms with E-state index in [1.807, 2.05) is 18.2 Å². The third kappa shape index (κ3) is 4.90. The molecule has 0 saturated carbocycles. The Kier molecular flexibility index (Phi) is 5.83. The standard InChI is InChI=1S/C20H24N4O3/c1-15-6-7-18(13-19(15)24(26)27)21-20(25)17-5-3-4-16(12-17)14-23-10-8-22(2)9-11-23/h3-7,12-13H,8-11,14H2,1-2H3,(H,21,25). The zero-order chi connectivity index (χ0) is 19.4. The highest BCUT2D eigenvalue weighted by atomic mass is 16.6. The van der Waals surface area contributed by atoms with Crippen LogP contribution in [-0.2, 0) is 6.54 Å². The van der Waals surface area contributed by atoms with Gasteiger partial charge in [0.25, 0.3) is 11.6 Å². The summed E-state index contributed by atoms with van der Waals surface area (Å²) in [5.41, 5.74) is 2.61. The van der Waals surface area contributed by atoms with Crippen LogP contribution in [0, 0.1) is 17.0 Å². The summed E-state index contributed by atoms with van der Waals surface area (Å²) in [6, 6.07) is 12.2. The van der Waals surface area contributed by atoms with Crippen LogP contribution in [0.4, 0.5) is 11.4 Å². The molecule has 0 aromatic heterocycles. The van der Waals surface area contributed by atoms with E-state index in [4.69, 9.17) is 0 Å². The van der Waals surface area contributed by atoms with Gasteiger partial charge in [0.1, 0.15) is 0 Å². The molecule has 0 spiro atoms. The summed E-state index contributed by atoms with van der Waals surface area (Å²) in [6.45, 7) is 6.61. The van der Waals surface area contributed by atoms with Crippen LogP contribution in [0.15, 0.2) is 42.5 Å². The number of aryl methyl sites for hydroxylation is 1. The van der Waals surface area contributed by atoms with Gasteiger partial charge in [0.2, 0.25) is 0 Å². The summed E-state index contributed by atoms with van der Waals surface area (Å²) >= 11 is 0. The van der Waals surface area contributed by atoms with E-state index in [9.17, 15) is 14.9 Å². The first-order valence-corrected chi connectivity index (χ1v) is 8.98. The molecule has 0 atom stereocenters. The van der Waals surface area contributed by atoms with Crippen molar-refractivity contribution in [3.05, 3.63) is 69.3 Å². The van der Waals surface area contributed by atoms with Gasteiger partial charge in [-0.05, 0) is 37.7 Å². The van der Waals surface area contributed by atoms with Crippen LogP contribution < -0.4 is 5.32 Å². The van der Waals surface area contributed by atoms with E-state index in [0.29, 0.717) is 16.8 Å². The molecule has 1 N–H and O–H groups in total. The molecule has 2 aromatic carbocycles. The van der Waals surface area contributed by atoms with Crippen molar-refractivity contribution in [1.29, 1.82) is 0 Å². The predicted octanol–water partition coefficient (Wildman–Crippen LogP) is 2.90. The number of anilines is 1. The monoisotopic (exact) mass is 368 g/mol. The Bertz CT molecular complexity index is 845. The van der Waals surface area contributed by atoms with Crippen LogP contribution in [0.1, 0.15) is 21.5 Å². The van der Waals surface area contributed by atoms with E-state index in [1.165, 1.54) is 6.07 Å². The molecule has 3 rings (SSSR count). The second-order valence-corrected chi connectivity index (χ2v) is 6.99. The van der Waals surface area contributed by atoms with Gasteiger partial charge in [-0.2, -0.15) is 0 Å². The number of nitrogens with one attached hydrogen (secondary N) is 1. The second kappa shape index (κ2) is 8.28. The first-order valence-electron chi connectivity index (χ1n) is 8.98. The molecule has 2 aromatic rings. The molecule has 27 heavy (non-hydrogen) atoms. The van der Waals surface area contributed by atoms with E-state index in [1.54, 1.807) is 25.1 Å². The number of piperazine rings is 1. The van der Waals surface area contributed by atoms with Crippen molar-refractivity contribution >= 4 is 17.3 Å². The number of hydrogen-bond acceptors (Lipinski definition) is 5. The maximum atomic E-state index is 12.6. The lowest BCUT2D eigenvalue weighted by Crippen LogP contribution is -2.43. The highest BCUT2D eigenvalue weighted by Gasteiger charge is 2.16. The van der Waals surface area contributed by atoms with Gasteiger partial charge in [0.15, 0.2) is 0 Å². The van der Waals surface area contributed by atoms with E-state index < -0.39 is 4.92 Å². The number of amides is 1. The molecular weight excluding hydrogens is 344 g/mol. The quantitative estimate of drug-likeness (QED) is 0.648. The van der Waals surface area contributed by atoms with Crippen molar-refractivity contribution < 1.29 is 9.72 Å². The summed E-state index contributed by atoms with van der Waals surface area (Å²) < 4.78 is 0. The van der Waals surface area contributed by atoms with Crippen molar-refractivity contribution in [1.82, 2.24) is 9.80 Å². The Hall–Kier alpha value is -2.77. The van der Waals surface area contributed by atoms with Crippen LogP contribution in [-0.4, -0.2) is 53.9 Å². The lowest BCUT2D eigenvalue weighted by atomic mass is 10.1. The van der Waals surface area contributed by atoms with Crippen molar-refractivity contribution in [3.8, 4) is 0 Å². The molecule has 0 radical (unpaired) electrons. The molecule has 0 unspecified atom stereocenters.